The molecule has 0 saturated carbocycles. The summed E-state index contributed by atoms with van der Waals surface area (Å²) in [6.07, 6.45) is 3.17. The van der Waals surface area contributed by atoms with Crippen LogP contribution in [-0.2, 0) is 9.59 Å². The molecule has 0 aromatic heterocycles. The van der Waals surface area contributed by atoms with Crippen LogP contribution in [0.2, 0.25) is 0 Å². The summed E-state index contributed by atoms with van der Waals surface area (Å²) in [5.74, 6) is -0.904. The number of benzene rings is 1. The molecule has 116 valence electrons. The number of thiocarbonyl (C=S) groups is 1. The highest BCUT2D eigenvalue weighted by Gasteiger charge is 2.31. The molecule has 1 aromatic carbocycles. The summed E-state index contributed by atoms with van der Waals surface area (Å²) in [5.41, 5.74) is 2.11. The molecule has 0 atom stereocenters. The van der Waals surface area contributed by atoms with Crippen molar-refractivity contribution < 1.29 is 14.7 Å². The van der Waals surface area contributed by atoms with Gasteiger partial charge < -0.3 is 5.11 Å². The second-order valence-electron chi connectivity index (χ2n) is 5.04. The number of carbonyl (C=O) groups excluding carboxylic acids is 1. The zero-order valence-corrected chi connectivity index (χ0v) is 13.9. The van der Waals surface area contributed by atoms with Crippen molar-refractivity contribution in [3.05, 3.63) is 40.3 Å². The number of carboxylic acid groups (broad SMARTS) is 1. The molecular weight excluding hydrogens is 318 g/mol. The second kappa shape index (κ2) is 7.56. The van der Waals surface area contributed by atoms with Crippen molar-refractivity contribution >= 4 is 46.3 Å². The molecule has 1 heterocycles. The normalized spacial score (nSPS) is 16.6. The minimum Gasteiger partial charge on any atom is -0.481 e. The highest BCUT2D eigenvalue weighted by Crippen LogP contribution is 2.33. The van der Waals surface area contributed by atoms with E-state index in [9.17, 15) is 9.59 Å². The SMILES string of the molecule is Cc1ccccc1/C=C1\SC(=S)N(CCCCC(=O)O)C1=O. The topological polar surface area (TPSA) is 57.6 Å². The van der Waals surface area contributed by atoms with Crippen LogP contribution in [0.5, 0.6) is 0 Å². The third kappa shape index (κ3) is 4.18. The summed E-state index contributed by atoms with van der Waals surface area (Å²) in [6.45, 7) is 2.47. The molecule has 1 fully saturated rings. The van der Waals surface area contributed by atoms with Crippen LogP contribution >= 0.6 is 24.0 Å². The number of aliphatic carboxylic acids is 1. The highest BCUT2D eigenvalue weighted by molar-refractivity contribution is 8.26. The zero-order valence-electron chi connectivity index (χ0n) is 12.2. The largest absolute Gasteiger partial charge is 0.481 e. The summed E-state index contributed by atoms with van der Waals surface area (Å²) >= 11 is 6.56. The van der Waals surface area contributed by atoms with Gasteiger partial charge in [0.15, 0.2) is 0 Å². The lowest BCUT2D eigenvalue weighted by molar-refractivity contribution is -0.137. The van der Waals surface area contributed by atoms with E-state index in [0.717, 1.165) is 11.1 Å². The number of unbranched alkanes of at least 4 members (excludes halogenated alkanes) is 1. The van der Waals surface area contributed by atoms with Gasteiger partial charge in [0, 0.05) is 13.0 Å². The van der Waals surface area contributed by atoms with Crippen LogP contribution in [0, 0.1) is 6.92 Å². The van der Waals surface area contributed by atoms with E-state index in [4.69, 9.17) is 17.3 Å². The van der Waals surface area contributed by atoms with Crippen LogP contribution in [0.15, 0.2) is 29.2 Å². The Morgan fingerprint density at radius 1 is 1.36 bits per heavy atom. The maximum Gasteiger partial charge on any atom is 0.303 e. The number of rotatable bonds is 6. The quantitative estimate of drug-likeness (QED) is 0.490. The van der Waals surface area contributed by atoms with Crippen LogP contribution < -0.4 is 0 Å². The van der Waals surface area contributed by atoms with E-state index in [0.29, 0.717) is 28.6 Å². The first-order valence-corrected chi connectivity index (χ1v) is 8.24. The first kappa shape index (κ1) is 16.7. The van der Waals surface area contributed by atoms with Gasteiger partial charge in [-0.3, -0.25) is 14.5 Å². The van der Waals surface area contributed by atoms with E-state index in [1.165, 1.54) is 11.8 Å². The van der Waals surface area contributed by atoms with Gasteiger partial charge in [-0.05, 0) is 37.0 Å². The molecule has 0 radical (unpaired) electrons. The Kier molecular flexibility index (Phi) is 5.74. The molecule has 4 nitrogen and oxygen atoms in total. The van der Waals surface area contributed by atoms with Gasteiger partial charge in [0.25, 0.3) is 5.91 Å². The van der Waals surface area contributed by atoms with Crippen LogP contribution in [0.1, 0.15) is 30.4 Å². The van der Waals surface area contributed by atoms with Crippen molar-refractivity contribution in [3.63, 3.8) is 0 Å². The van der Waals surface area contributed by atoms with Crippen molar-refractivity contribution in [1.82, 2.24) is 4.90 Å². The molecule has 22 heavy (non-hydrogen) atoms. The molecule has 1 N–H and O–H groups in total. The Morgan fingerprint density at radius 3 is 2.77 bits per heavy atom. The fourth-order valence-corrected chi connectivity index (χ4v) is 3.43. The second-order valence-corrected chi connectivity index (χ2v) is 6.72. The number of aryl methyl sites for hydroxylation is 1. The third-order valence-corrected chi connectivity index (χ3v) is 4.75. The number of nitrogens with zero attached hydrogens (tertiary/aromatic N) is 1. The summed E-state index contributed by atoms with van der Waals surface area (Å²) in [4.78, 5) is 25.1. The molecule has 0 unspecified atom stereocenters. The number of thioether (sulfide) groups is 1. The van der Waals surface area contributed by atoms with Gasteiger partial charge in [0.05, 0.1) is 4.91 Å². The van der Waals surface area contributed by atoms with E-state index < -0.39 is 5.97 Å². The molecule has 2 rings (SSSR count). The Morgan fingerprint density at radius 2 is 2.09 bits per heavy atom. The molecule has 0 aliphatic carbocycles. The number of hydrogen-bond acceptors (Lipinski definition) is 4. The number of carboxylic acids is 1. The van der Waals surface area contributed by atoms with E-state index in [-0.39, 0.29) is 12.3 Å². The molecule has 0 spiro atoms. The highest BCUT2D eigenvalue weighted by atomic mass is 32.2. The maximum absolute atomic E-state index is 12.4. The minimum atomic E-state index is -0.815. The zero-order chi connectivity index (χ0) is 16.1. The number of amides is 1. The Balaban J connectivity index is 2.02. The van der Waals surface area contributed by atoms with Gasteiger partial charge in [-0.2, -0.15) is 0 Å². The number of carbonyl (C=O) groups is 2. The third-order valence-electron chi connectivity index (χ3n) is 3.37. The molecule has 0 bridgehead atoms. The lowest BCUT2D eigenvalue weighted by atomic mass is 10.1. The molecule has 1 amide bonds. The Hall–Kier alpha value is -1.66. The average Bonchev–Trinajstić information content (AvgIpc) is 2.72. The van der Waals surface area contributed by atoms with Gasteiger partial charge in [-0.25, -0.2) is 0 Å². The predicted octanol–water partition coefficient (Wildman–Crippen LogP) is 3.45. The average molecular weight is 335 g/mol. The van der Waals surface area contributed by atoms with Gasteiger partial charge in [0.1, 0.15) is 4.32 Å². The lowest BCUT2D eigenvalue weighted by Gasteiger charge is -2.13. The van der Waals surface area contributed by atoms with Crippen LogP contribution in [-0.4, -0.2) is 32.7 Å². The van der Waals surface area contributed by atoms with Crippen molar-refractivity contribution in [3.8, 4) is 0 Å². The smallest absolute Gasteiger partial charge is 0.303 e. The fraction of sp³-hybridized carbons (Fsp3) is 0.312. The van der Waals surface area contributed by atoms with Crippen molar-refractivity contribution in [2.75, 3.05) is 6.54 Å². The monoisotopic (exact) mass is 335 g/mol. The maximum atomic E-state index is 12.4. The van der Waals surface area contributed by atoms with E-state index in [2.05, 4.69) is 0 Å². The van der Waals surface area contributed by atoms with Crippen LogP contribution in [0.4, 0.5) is 0 Å². The van der Waals surface area contributed by atoms with Crippen LogP contribution in [0.3, 0.4) is 0 Å². The lowest BCUT2D eigenvalue weighted by Crippen LogP contribution is -2.29. The Labute approximate surface area is 139 Å². The van der Waals surface area contributed by atoms with Crippen molar-refractivity contribution in [2.45, 2.75) is 26.2 Å². The Bertz CT molecular complexity index is 640. The van der Waals surface area contributed by atoms with Gasteiger partial charge in [-0.1, -0.05) is 48.2 Å². The molecule has 1 aromatic rings. The van der Waals surface area contributed by atoms with Crippen molar-refractivity contribution in [2.24, 2.45) is 0 Å². The summed E-state index contributed by atoms with van der Waals surface area (Å²) < 4.78 is 0.542. The van der Waals surface area contributed by atoms with Crippen molar-refractivity contribution in [1.29, 1.82) is 0 Å². The van der Waals surface area contributed by atoms with Gasteiger partial charge in [0.2, 0.25) is 0 Å². The molecule has 1 saturated heterocycles. The van der Waals surface area contributed by atoms with E-state index >= 15 is 0 Å². The predicted molar refractivity (Wildman–Crippen MR) is 92.5 cm³/mol. The minimum absolute atomic E-state index is 0.0893. The van der Waals surface area contributed by atoms with Crippen LogP contribution in [0.25, 0.3) is 6.08 Å². The van der Waals surface area contributed by atoms with E-state index in [1.54, 1.807) is 4.90 Å². The molecule has 1 aliphatic rings. The van der Waals surface area contributed by atoms with Gasteiger partial charge in [-0.15, -0.1) is 0 Å². The molecule has 1 aliphatic heterocycles. The fourth-order valence-electron chi connectivity index (χ4n) is 2.13. The summed E-state index contributed by atoms with van der Waals surface area (Å²) in [6, 6.07) is 7.86. The molecule has 6 heteroatoms. The summed E-state index contributed by atoms with van der Waals surface area (Å²) in [5, 5.41) is 8.62. The summed E-state index contributed by atoms with van der Waals surface area (Å²) in [7, 11) is 0. The van der Waals surface area contributed by atoms with E-state index in [1.807, 2.05) is 37.3 Å². The first-order valence-electron chi connectivity index (χ1n) is 7.02. The first-order chi connectivity index (χ1) is 10.5. The number of hydrogen-bond donors (Lipinski definition) is 1. The standard InChI is InChI=1S/C16H17NO3S2/c1-11-6-2-3-7-12(11)10-13-15(20)17(16(21)22-13)9-5-4-8-14(18)19/h2-3,6-7,10H,4-5,8-9H2,1H3,(H,18,19)/b13-10-. The van der Waals surface area contributed by atoms with Gasteiger partial charge >= 0.3 is 5.97 Å². The molecular formula is C16H17NO3S2.